The third kappa shape index (κ3) is 4.71. The Morgan fingerprint density at radius 1 is 1.29 bits per heavy atom. The first-order valence-electron chi connectivity index (χ1n) is 5.70. The molecule has 0 aromatic carbocycles. The molecule has 0 spiro atoms. The Bertz CT molecular complexity index is 343. The minimum Gasteiger partial charge on any atom is -0.329 e. The van der Waals surface area contributed by atoms with Crippen molar-refractivity contribution in [1.82, 2.24) is 14.8 Å². The summed E-state index contributed by atoms with van der Waals surface area (Å²) in [5.74, 6) is 0. The van der Waals surface area contributed by atoms with Crippen molar-refractivity contribution in [3.05, 3.63) is 28.5 Å². The maximum absolute atomic E-state index is 5.86. The van der Waals surface area contributed by atoms with Crippen molar-refractivity contribution in [2.45, 2.75) is 6.04 Å². The fourth-order valence-electron chi connectivity index (χ4n) is 1.69. The van der Waals surface area contributed by atoms with Crippen LogP contribution in [0.5, 0.6) is 0 Å². The van der Waals surface area contributed by atoms with Crippen molar-refractivity contribution < 1.29 is 0 Å². The molecule has 96 valence electrons. The molecule has 1 aromatic heterocycles. The quantitative estimate of drug-likeness (QED) is 0.861. The van der Waals surface area contributed by atoms with E-state index in [1.807, 2.05) is 6.20 Å². The summed E-state index contributed by atoms with van der Waals surface area (Å²) in [7, 11) is 6.25. The average molecular weight is 301 g/mol. The van der Waals surface area contributed by atoms with E-state index in [1.165, 1.54) is 0 Å². The highest BCUT2D eigenvalue weighted by Crippen LogP contribution is 2.20. The SMILES string of the molecule is CN(C)CCN(C)C(CN)c1cncc(Br)c1. The van der Waals surface area contributed by atoms with Gasteiger partial charge in [0.1, 0.15) is 0 Å². The first-order chi connectivity index (χ1) is 8.04. The highest BCUT2D eigenvalue weighted by Gasteiger charge is 2.15. The van der Waals surface area contributed by atoms with E-state index in [4.69, 9.17) is 5.73 Å². The number of rotatable bonds is 6. The fraction of sp³-hybridized carbons (Fsp3) is 0.583. The van der Waals surface area contributed by atoms with Crippen LogP contribution in [0, 0.1) is 0 Å². The van der Waals surface area contributed by atoms with Gasteiger partial charge in [0.15, 0.2) is 0 Å². The molecular formula is C12H21BrN4. The first-order valence-corrected chi connectivity index (χ1v) is 6.49. The third-order valence-corrected chi connectivity index (χ3v) is 3.20. The Hall–Kier alpha value is -0.490. The van der Waals surface area contributed by atoms with Crippen molar-refractivity contribution >= 4 is 15.9 Å². The van der Waals surface area contributed by atoms with Gasteiger partial charge < -0.3 is 10.6 Å². The normalized spacial score (nSPS) is 13.4. The predicted molar refractivity (Wildman–Crippen MR) is 74.9 cm³/mol. The number of nitrogens with two attached hydrogens (primary N) is 1. The fourth-order valence-corrected chi connectivity index (χ4v) is 2.08. The summed E-state index contributed by atoms with van der Waals surface area (Å²) in [6, 6.07) is 2.30. The molecule has 0 fully saturated rings. The largest absolute Gasteiger partial charge is 0.329 e. The van der Waals surface area contributed by atoms with E-state index in [2.05, 4.69) is 57.9 Å². The second-order valence-corrected chi connectivity index (χ2v) is 5.39. The van der Waals surface area contributed by atoms with E-state index in [9.17, 15) is 0 Å². The summed E-state index contributed by atoms with van der Waals surface area (Å²) in [5.41, 5.74) is 7.02. The first kappa shape index (κ1) is 14.6. The molecule has 1 aromatic rings. The standard InChI is InChI=1S/C12H21BrN4/c1-16(2)4-5-17(3)12(7-14)10-6-11(13)9-15-8-10/h6,8-9,12H,4-5,7,14H2,1-3H3. The van der Waals surface area contributed by atoms with Gasteiger partial charge in [-0.25, -0.2) is 0 Å². The zero-order valence-electron chi connectivity index (χ0n) is 10.7. The zero-order chi connectivity index (χ0) is 12.8. The van der Waals surface area contributed by atoms with E-state index in [0.717, 1.165) is 23.1 Å². The van der Waals surface area contributed by atoms with E-state index in [1.54, 1.807) is 6.20 Å². The molecule has 1 unspecified atom stereocenters. The van der Waals surface area contributed by atoms with Crippen LogP contribution >= 0.6 is 15.9 Å². The van der Waals surface area contributed by atoms with E-state index < -0.39 is 0 Å². The average Bonchev–Trinajstić information content (AvgIpc) is 2.27. The molecule has 0 aliphatic heterocycles. The Labute approximate surface area is 112 Å². The number of aromatic nitrogens is 1. The van der Waals surface area contributed by atoms with Crippen LogP contribution < -0.4 is 5.73 Å². The van der Waals surface area contributed by atoms with Crippen molar-refractivity contribution in [2.75, 3.05) is 40.8 Å². The summed E-state index contributed by atoms with van der Waals surface area (Å²) in [4.78, 5) is 8.63. The minimum absolute atomic E-state index is 0.222. The number of hydrogen-bond donors (Lipinski definition) is 1. The van der Waals surface area contributed by atoms with Gasteiger partial charge in [-0.15, -0.1) is 0 Å². The predicted octanol–water partition coefficient (Wildman–Crippen LogP) is 1.34. The van der Waals surface area contributed by atoms with Crippen LogP contribution in [-0.2, 0) is 0 Å². The topological polar surface area (TPSA) is 45.4 Å². The van der Waals surface area contributed by atoms with Gasteiger partial charge in [0.05, 0.1) is 0 Å². The summed E-state index contributed by atoms with van der Waals surface area (Å²) in [5, 5.41) is 0. The van der Waals surface area contributed by atoms with Gasteiger partial charge in [-0.2, -0.15) is 0 Å². The zero-order valence-corrected chi connectivity index (χ0v) is 12.3. The van der Waals surface area contributed by atoms with Crippen LogP contribution in [0.25, 0.3) is 0 Å². The number of hydrogen-bond acceptors (Lipinski definition) is 4. The summed E-state index contributed by atoms with van der Waals surface area (Å²) >= 11 is 3.44. The Kier molecular flexibility index (Phi) is 6.05. The second kappa shape index (κ2) is 7.06. The summed E-state index contributed by atoms with van der Waals surface area (Å²) in [6.45, 7) is 2.61. The van der Waals surface area contributed by atoms with Crippen molar-refractivity contribution in [3.63, 3.8) is 0 Å². The van der Waals surface area contributed by atoms with Crippen LogP contribution in [0.15, 0.2) is 22.9 Å². The number of nitrogens with zero attached hydrogens (tertiary/aromatic N) is 3. The second-order valence-electron chi connectivity index (χ2n) is 4.47. The molecule has 1 atom stereocenters. The molecule has 17 heavy (non-hydrogen) atoms. The summed E-state index contributed by atoms with van der Waals surface area (Å²) < 4.78 is 0.995. The van der Waals surface area contributed by atoms with Gasteiger partial charge in [0.25, 0.3) is 0 Å². The molecule has 0 saturated carbocycles. The highest BCUT2D eigenvalue weighted by molar-refractivity contribution is 9.10. The molecule has 0 bridgehead atoms. The lowest BCUT2D eigenvalue weighted by Gasteiger charge is -2.28. The number of halogens is 1. The van der Waals surface area contributed by atoms with Crippen LogP contribution in [0.2, 0.25) is 0 Å². The molecule has 1 rings (SSSR count). The van der Waals surface area contributed by atoms with Gasteiger partial charge in [0.2, 0.25) is 0 Å². The molecule has 0 saturated heterocycles. The molecule has 4 nitrogen and oxygen atoms in total. The maximum Gasteiger partial charge on any atom is 0.0483 e. The molecule has 0 amide bonds. The van der Waals surface area contributed by atoms with Gasteiger partial charge in [-0.05, 0) is 48.7 Å². The minimum atomic E-state index is 0.222. The van der Waals surface area contributed by atoms with Crippen molar-refractivity contribution in [2.24, 2.45) is 5.73 Å². The Morgan fingerprint density at radius 2 is 2.00 bits per heavy atom. The van der Waals surface area contributed by atoms with E-state index in [-0.39, 0.29) is 6.04 Å². The number of likely N-dealkylation sites (N-methyl/N-ethyl adjacent to an activating group) is 2. The lowest BCUT2D eigenvalue weighted by molar-refractivity contribution is 0.222. The van der Waals surface area contributed by atoms with Crippen LogP contribution in [0.3, 0.4) is 0 Å². The monoisotopic (exact) mass is 300 g/mol. The smallest absolute Gasteiger partial charge is 0.0483 e. The Balaban J connectivity index is 2.70. The van der Waals surface area contributed by atoms with Gasteiger partial charge >= 0.3 is 0 Å². The lowest BCUT2D eigenvalue weighted by Crippen LogP contribution is -2.35. The third-order valence-electron chi connectivity index (χ3n) is 2.77. The van der Waals surface area contributed by atoms with Gasteiger partial charge in [-0.3, -0.25) is 9.88 Å². The van der Waals surface area contributed by atoms with Crippen LogP contribution in [-0.4, -0.2) is 55.6 Å². The maximum atomic E-state index is 5.86. The van der Waals surface area contributed by atoms with Crippen LogP contribution in [0.1, 0.15) is 11.6 Å². The number of pyridine rings is 1. The van der Waals surface area contributed by atoms with E-state index >= 15 is 0 Å². The highest BCUT2D eigenvalue weighted by atomic mass is 79.9. The molecule has 0 radical (unpaired) electrons. The van der Waals surface area contributed by atoms with Gasteiger partial charge in [0, 0.05) is 42.5 Å². The van der Waals surface area contributed by atoms with Crippen LogP contribution in [0.4, 0.5) is 0 Å². The molecule has 0 aliphatic rings. The Morgan fingerprint density at radius 3 is 2.53 bits per heavy atom. The molecular weight excluding hydrogens is 280 g/mol. The molecule has 5 heteroatoms. The van der Waals surface area contributed by atoms with Crippen molar-refractivity contribution in [1.29, 1.82) is 0 Å². The van der Waals surface area contributed by atoms with Crippen molar-refractivity contribution in [3.8, 4) is 0 Å². The summed E-state index contributed by atoms with van der Waals surface area (Å²) in [6.07, 6.45) is 3.67. The lowest BCUT2D eigenvalue weighted by atomic mass is 10.1. The van der Waals surface area contributed by atoms with Gasteiger partial charge in [-0.1, -0.05) is 0 Å². The molecule has 0 aliphatic carbocycles. The molecule has 2 N–H and O–H groups in total. The van der Waals surface area contributed by atoms with E-state index in [0.29, 0.717) is 6.54 Å². The molecule has 1 heterocycles.